The normalized spacial score (nSPS) is 10.8. The molecule has 1 aromatic heterocycles. The van der Waals surface area contributed by atoms with E-state index in [1.165, 1.54) is 6.92 Å². The van der Waals surface area contributed by atoms with Crippen LogP contribution in [-0.2, 0) is 4.79 Å². The third-order valence-electron chi connectivity index (χ3n) is 4.31. The molecule has 0 fully saturated rings. The van der Waals surface area contributed by atoms with Gasteiger partial charge in [0, 0.05) is 12.5 Å². The largest absolute Gasteiger partial charge is 0.448 e. The van der Waals surface area contributed by atoms with Crippen LogP contribution in [-0.4, -0.2) is 10.9 Å². The van der Waals surface area contributed by atoms with E-state index >= 15 is 0 Å². The van der Waals surface area contributed by atoms with Gasteiger partial charge in [-0.15, -0.1) is 0 Å². The fraction of sp³-hybridized carbons (Fsp3) is 0.0455. The summed E-state index contributed by atoms with van der Waals surface area (Å²) in [7, 11) is 0. The Bertz CT molecular complexity index is 1180. The van der Waals surface area contributed by atoms with Crippen LogP contribution in [0.15, 0.2) is 77.2 Å². The van der Waals surface area contributed by atoms with Crippen LogP contribution < -0.4 is 4.74 Å². The minimum atomic E-state index is -0.566. The smallest absolute Gasteiger partial charge is 0.326 e. The van der Waals surface area contributed by atoms with Gasteiger partial charge >= 0.3 is 11.7 Å². The number of fused-ring (bicyclic) bond motifs is 1. The summed E-state index contributed by atoms with van der Waals surface area (Å²) in [4.78, 5) is 23.0. The van der Waals surface area contributed by atoms with Gasteiger partial charge in [0.25, 0.3) is 0 Å². The Balaban J connectivity index is 2.05. The zero-order valence-corrected chi connectivity index (χ0v) is 14.9. The summed E-state index contributed by atoms with van der Waals surface area (Å²) in [5.74, 6) is -0.344. The first-order valence-electron chi connectivity index (χ1n) is 8.59. The van der Waals surface area contributed by atoms with E-state index in [1.807, 2.05) is 36.4 Å². The molecule has 6 heteroatoms. The zero-order valence-electron chi connectivity index (χ0n) is 14.9. The highest BCUT2D eigenvalue weighted by atomic mass is 16.6. The average molecular weight is 373 g/mol. The molecule has 138 valence electrons. The van der Waals surface area contributed by atoms with Crippen molar-refractivity contribution in [1.29, 1.82) is 0 Å². The zero-order chi connectivity index (χ0) is 19.7. The van der Waals surface area contributed by atoms with Gasteiger partial charge in [-0.2, -0.15) is 0 Å². The second-order valence-corrected chi connectivity index (χ2v) is 6.21. The lowest BCUT2D eigenvalue weighted by Gasteiger charge is -2.06. The molecule has 4 rings (SSSR count). The quantitative estimate of drug-likeness (QED) is 0.201. The van der Waals surface area contributed by atoms with Crippen molar-refractivity contribution in [3.05, 3.63) is 82.9 Å². The van der Waals surface area contributed by atoms with Crippen molar-refractivity contribution < 1.29 is 18.9 Å². The summed E-state index contributed by atoms with van der Waals surface area (Å²) in [6, 6.07) is 21.6. The number of nitro groups is 1. The fourth-order valence-corrected chi connectivity index (χ4v) is 3.17. The molecule has 28 heavy (non-hydrogen) atoms. The van der Waals surface area contributed by atoms with E-state index in [-0.39, 0.29) is 28.2 Å². The second kappa shape index (κ2) is 7.00. The van der Waals surface area contributed by atoms with Gasteiger partial charge < -0.3 is 9.15 Å². The molecule has 0 saturated heterocycles. The molecule has 3 aromatic carbocycles. The highest BCUT2D eigenvalue weighted by Gasteiger charge is 2.30. The van der Waals surface area contributed by atoms with Gasteiger partial charge in [0.2, 0.25) is 5.76 Å². The van der Waals surface area contributed by atoms with Crippen LogP contribution in [0.1, 0.15) is 6.92 Å². The van der Waals surface area contributed by atoms with Crippen molar-refractivity contribution in [2.75, 3.05) is 0 Å². The van der Waals surface area contributed by atoms with Crippen LogP contribution in [0.5, 0.6) is 5.75 Å². The molecule has 0 amide bonds. The first kappa shape index (κ1) is 17.5. The number of esters is 1. The summed E-state index contributed by atoms with van der Waals surface area (Å²) >= 11 is 0. The Morgan fingerprint density at radius 1 is 0.929 bits per heavy atom. The molecule has 0 aliphatic rings. The first-order valence-corrected chi connectivity index (χ1v) is 8.59. The fourth-order valence-electron chi connectivity index (χ4n) is 3.17. The highest BCUT2D eigenvalue weighted by Crippen LogP contribution is 2.45. The van der Waals surface area contributed by atoms with E-state index in [4.69, 9.17) is 9.15 Å². The summed E-state index contributed by atoms with van der Waals surface area (Å²) in [6.07, 6.45) is 0. The molecule has 0 saturated carbocycles. The molecule has 0 radical (unpaired) electrons. The lowest BCUT2D eigenvalue weighted by molar-refractivity contribution is -0.382. The molecule has 0 aliphatic heterocycles. The van der Waals surface area contributed by atoms with E-state index in [1.54, 1.807) is 36.4 Å². The predicted molar refractivity (Wildman–Crippen MR) is 105 cm³/mol. The summed E-state index contributed by atoms with van der Waals surface area (Å²) in [6.45, 7) is 1.26. The molecule has 0 unspecified atom stereocenters. The Kier molecular flexibility index (Phi) is 4.37. The SMILES string of the molecule is CC(=O)Oc1cc(-c2ccccc2)cc2oc(-c3ccccc3)c([N+](=O)[O-])c12. The van der Waals surface area contributed by atoms with Gasteiger partial charge in [-0.1, -0.05) is 60.7 Å². The lowest BCUT2D eigenvalue weighted by atomic mass is 10.0. The van der Waals surface area contributed by atoms with Crippen LogP contribution in [0.4, 0.5) is 5.69 Å². The number of carbonyl (C=O) groups excluding carboxylic acids is 1. The maximum absolute atomic E-state index is 11.9. The van der Waals surface area contributed by atoms with Gasteiger partial charge in [0.1, 0.15) is 16.7 Å². The number of hydrogen-bond acceptors (Lipinski definition) is 5. The molecule has 0 N–H and O–H groups in total. The average Bonchev–Trinajstić information content (AvgIpc) is 3.09. The van der Waals surface area contributed by atoms with Crippen molar-refractivity contribution >= 4 is 22.6 Å². The molecule has 0 atom stereocenters. The van der Waals surface area contributed by atoms with Crippen molar-refractivity contribution in [3.8, 4) is 28.2 Å². The number of benzene rings is 3. The number of ether oxygens (including phenoxy) is 1. The Morgan fingerprint density at radius 3 is 2.11 bits per heavy atom. The second-order valence-electron chi connectivity index (χ2n) is 6.21. The van der Waals surface area contributed by atoms with Crippen molar-refractivity contribution in [1.82, 2.24) is 0 Å². The van der Waals surface area contributed by atoms with Crippen LogP contribution in [0, 0.1) is 10.1 Å². The Labute approximate surface area is 160 Å². The number of furan rings is 1. The maximum atomic E-state index is 11.9. The molecule has 6 nitrogen and oxygen atoms in total. The van der Waals surface area contributed by atoms with Gasteiger partial charge in [0.05, 0.1) is 4.92 Å². The Hall–Kier alpha value is -3.93. The van der Waals surface area contributed by atoms with Crippen LogP contribution in [0.2, 0.25) is 0 Å². The summed E-state index contributed by atoms with van der Waals surface area (Å²) in [5.41, 5.74) is 2.23. The first-order chi connectivity index (χ1) is 13.5. The molecule has 0 aliphatic carbocycles. The van der Waals surface area contributed by atoms with Crippen molar-refractivity contribution in [2.45, 2.75) is 6.92 Å². The number of nitrogens with zero attached hydrogens (tertiary/aromatic N) is 1. The minimum Gasteiger partial charge on any atom is -0.448 e. The highest BCUT2D eigenvalue weighted by molar-refractivity contribution is 6.02. The molecule has 0 bridgehead atoms. The maximum Gasteiger partial charge on any atom is 0.326 e. The standard InChI is InChI=1S/C22H15NO5/c1-14(24)27-18-12-17(15-8-4-2-5-9-15)13-19-20(18)21(23(25)26)22(28-19)16-10-6-3-7-11-16/h2-13H,1H3. The van der Waals surface area contributed by atoms with Crippen LogP contribution >= 0.6 is 0 Å². The van der Waals surface area contributed by atoms with Crippen molar-refractivity contribution in [3.63, 3.8) is 0 Å². The molecule has 4 aromatic rings. The van der Waals surface area contributed by atoms with Crippen LogP contribution in [0.3, 0.4) is 0 Å². The van der Waals surface area contributed by atoms with Gasteiger partial charge in [-0.05, 0) is 23.3 Å². The van der Waals surface area contributed by atoms with E-state index in [2.05, 4.69) is 0 Å². The molecule has 0 spiro atoms. The van der Waals surface area contributed by atoms with Crippen LogP contribution in [0.25, 0.3) is 33.4 Å². The van der Waals surface area contributed by atoms with Crippen molar-refractivity contribution in [2.24, 2.45) is 0 Å². The predicted octanol–water partition coefficient (Wildman–Crippen LogP) is 5.60. The third kappa shape index (κ3) is 3.12. The summed E-state index contributed by atoms with van der Waals surface area (Å²) in [5, 5.41) is 12.0. The molecule has 1 heterocycles. The number of carbonyl (C=O) groups is 1. The van der Waals surface area contributed by atoms with Gasteiger partial charge in [0.15, 0.2) is 0 Å². The number of rotatable bonds is 4. The van der Waals surface area contributed by atoms with Gasteiger partial charge in [-0.25, -0.2) is 0 Å². The third-order valence-corrected chi connectivity index (χ3v) is 4.31. The lowest BCUT2D eigenvalue weighted by Crippen LogP contribution is -2.02. The summed E-state index contributed by atoms with van der Waals surface area (Å²) < 4.78 is 11.2. The van der Waals surface area contributed by atoms with Gasteiger partial charge in [-0.3, -0.25) is 14.9 Å². The topological polar surface area (TPSA) is 82.6 Å². The Morgan fingerprint density at radius 2 is 1.54 bits per heavy atom. The van der Waals surface area contributed by atoms with E-state index in [0.29, 0.717) is 5.56 Å². The van der Waals surface area contributed by atoms with E-state index in [9.17, 15) is 14.9 Å². The van der Waals surface area contributed by atoms with E-state index in [0.717, 1.165) is 11.1 Å². The number of hydrogen-bond donors (Lipinski definition) is 0. The molecular weight excluding hydrogens is 358 g/mol. The minimum absolute atomic E-state index is 0.0986. The monoisotopic (exact) mass is 373 g/mol. The molecular formula is C22H15NO5. The van der Waals surface area contributed by atoms with E-state index < -0.39 is 10.9 Å².